The van der Waals surface area contributed by atoms with Crippen LogP contribution in [-0.4, -0.2) is 40.8 Å². The molecule has 0 aliphatic carbocycles. The predicted molar refractivity (Wildman–Crippen MR) is 105 cm³/mol. The highest BCUT2D eigenvalue weighted by Crippen LogP contribution is 2.29. The van der Waals surface area contributed by atoms with Crippen LogP contribution in [-0.2, 0) is 11.2 Å². The van der Waals surface area contributed by atoms with Gasteiger partial charge in [-0.3, -0.25) is 4.79 Å². The van der Waals surface area contributed by atoms with Crippen LogP contribution in [0.5, 0.6) is 11.5 Å². The average molecular weight is 381 g/mol. The average Bonchev–Trinajstić information content (AvgIpc) is 3.23. The quantitative estimate of drug-likeness (QED) is 0.652. The number of anilines is 1. The van der Waals surface area contributed by atoms with E-state index in [2.05, 4.69) is 25.9 Å². The number of carbonyl (C=O) groups excluding carboxylic acids is 1. The van der Waals surface area contributed by atoms with Gasteiger partial charge in [0.05, 0.1) is 14.2 Å². The molecule has 8 nitrogen and oxygen atoms in total. The monoisotopic (exact) mass is 381 g/mol. The summed E-state index contributed by atoms with van der Waals surface area (Å²) >= 11 is 0. The number of hydrogen-bond acceptors (Lipinski definition) is 6. The standard InChI is InChI=1S/C20H23N5O3/c1-12-5-6-15(9-13(12)2)21-20(26)17(19-22-24-25-23-19)11-14-10-16(27-3)7-8-18(14)28-4/h5-10,17H,11H2,1-4H3,(H,21,26)(H,22,23,24,25)/t17-/m1/s1. The first kappa shape index (κ1) is 19.3. The molecule has 1 heterocycles. The Balaban J connectivity index is 1.90. The molecule has 0 saturated heterocycles. The molecule has 0 aliphatic heterocycles. The number of methoxy groups -OCH3 is 2. The maximum absolute atomic E-state index is 13.1. The number of nitrogens with zero attached hydrogens (tertiary/aromatic N) is 3. The van der Waals surface area contributed by atoms with E-state index in [1.807, 2.05) is 44.2 Å². The van der Waals surface area contributed by atoms with Gasteiger partial charge < -0.3 is 14.8 Å². The second-order valence-corrected chi connectivity index (χ2v) is 6.49. The van der Waals surface area contributed by atoms with Crippen LogP contribution in [0.3, 0.4) is 0 Å². The molecule has 3 rings (SSSR count). The van der Waals surface area contributed by atoms with E-state index in [0.29, 0.717) is 23.7 Å². The second-order valence-electron chi connectivity index (χ2n) is 6.49. The molecular weight excluding hydrogens is 358 g/mol. The minimum absolute atomic E-state index is 0.227. The molecule has 0 fully saturated rings. The van der Waals surface area contributed by atoms with E-state index in [1.54, 1.807) is 20.3 Å². The lowest BCUT2D eigenvalue weighted by Crippen LogP contribution is -2.24. The van der Waals surface area contributed by atoms with Gasteiger partial charge in [-0.15, -0.1) is 10.2 Å². The zero-order valence-corrected chi connectivity index (χ0v) is 16.3. The molecule has 2 N–H and O–H groups in total. The number of hydrogen-bond donors (Lipinski definition) is 2. The summed E-state index contributed by atoms with van der Waals surface area (Å²) in [6.45, 7) is 4.03. The largest absolute Gasteiger partial charge is 0.497 e. The number of amides is 1. The van der Waals surface area contributed by atoms with Crippen LogP contribution in [0.4, 0.5) is 5.69 Å². The number of aryl methyl sites for hydroxylation is 2. The second kappa shape index (κ2) is 8.51. The lowest BCUT2D eigenvalue weighted by atomic mass is 9.96. The van der Waals surface area contributed by atoms with Crippen LogP contribution in [0, 0.1) is 13.8 Å². The van der Waals surface area contributed by atoms with Crippen LogP contribution in [0.1, 0.15) is 28.4 Å². The van der Waals surface area contributed by atoms with Crippen LogP contribution in [0.25, 0.3) is 0 Å². The van der Waals surface area contributed by atoms with Crippen LogP contribution >= 0.6 is 0 Å². The van der Waals surface area contributed by atoms with E-state index in [0.717, 1.165) is 22.4 Å². The molecule has 28 heavy (non-hydrogen) atoms. The number of aromatic amines is 1. The van der Waals surface area contributed by atoms with Crippen molar-refractivity contribution in [3.05, 3.63) is 58.9 Å². The number of benzene rings is 2. The summed E-state index contributed by atoms with van der Waals surface area (Å²) < 4.78 is 10.7. The SMILES string of the molecule is COc1ccc(OC)c(C[C@@H](C(=O)Nc2ccc(C)c(C)c2)c2nn[nH]n2)c1. The van der Waals surface area contributed by atoms with Gasteiger partial charge in [0.15, 0.2) is 5.82 Å². The third-order valence-corrected chi connectivity index (χ3v) is 4.68. The molecule has 8 heteroatoms. The Morgan fingerprint density at radius 2 is 1.93 bits per heavy atom. The van der Waals surface area contributed by atoms with Crippen LogP contribution in [0.15, 0.2) is 36.4 Å². The van der Waals surface area contributed by atoms with Gasteiger partial charge in [0.2, 0.25) is 5.91 Å². The molecule has 1 atom stereocenters. The van der Waals surface area contributed by atoms with Crippen molar-refractivity contribution in [2.75, 3.05) is 19.5 Å². The summed E-state index contributed by atoms with van der Waals surface area (Å²) in [7, 11) is 3.18. The normalized spacial score (nSPS) is 11.7. The summed E-state index contributed by atoms with van der Waals surface area (Å²) in [5.74, 6) is 0.771. The molecule has 0 aliphatic rings. The number of tetrazole rings is 1. The van der Waals surface area contributed by atoms with Gasteiger partial charge in [0.25, 0.3) is 0 Å². The van der Waals surface area contributed by atoms with Gasteiger partial charge in [0, 0.05) is 5.69 Å². The van der Waals surface area contributed by atoms with Crippen molar-refractivity contribution in [3.8, 4) is 11.5 Å². The number of ether oxygens (including phenoxy) is 2. The minimum Gasteiger partial charge on any atom is -0.497 e. The topological polar surface area (TPSA) is 102 Å². The van der Waals surface area contributed by atoms with Gasteiger partial charge in [-0.05, 0) is 67.3 Å². The molecule has 1 amide bonds. The number of H-pyrrole nitrogens is 1. The van der Waals surface area contributed by atoms with Gasteiger partial charge >= 0.3 is 0 Å². The summed E-state index contributed by atoms with van der Waals surface area (Å²) in [5.41, 5.74) is 3.79. The van der Waals surface area contributed by atoms with Crippen molar-refractivity contribution in [2.45, 2.75) is 26.2 Å². The van der Waals surface area contributed by atoms with Gasteiger partial charge in [-0.1, -0.05) is 11.3 Å². The Labute approximate surface area is 163 Å². The fraction of sp³-hybridized carbons (Fsp3) is 0.300. The zero-order valence-electron chi connectivity index (χ0n) is 16.3. The number of carbonyl (C=O) groups is 1. The lowest BCUT2D eigenvalue weighted by Gasteiger charge is -2.17. The van der Waals surface area contributed by atoms with E-state index in [9.17, 15) is 4.79 Å². The highest BCUT2D eigenvalue weighted by Gasteiger charge is 2.27. The molecule has 3 aromatic rings. The zero-order chi connectivity index (χ0) is 20.1. The fourth-order valence-electron chi connectivity index (χ4n) is 2.93. The predicted octanol–water partition coefficient (Wildman–Crippen LogP) is 2.80. The molecular formula is C20H23N5O3. The molecule has 0 radical (unpaired) electrons. The molecule has 146 valence electrons. The van der Waals surface area contributed by atoms with Crippen LogP contribution in [0.2, 0.25) is 0 Å². The molecule has 0 spiro atoms. The number of aromatic nitrogens is 4. The maximum atomic E-state index is 13.1. The van der Waals surface area contributed by atoms with Crippen LogP contribution < -0.4 is 14.8 Å². The van der Waals surface area contributed by atoms with E-state index in [1.165, 1.54) is 0 Å². The first-order valence-electron chi connectivity index (χ1n) is 8.84. The Kier molecular flexibility index (Phi) is 5.88. The first-order valence-corrected chi connectivity index (χ1v) is 8.84. The molecule has 0 saturated carbocycles. The summed E-state index contributed by atoms with van der Waals surface area (Å²) in [4.78, 5) is 13.1. The van der Waals surface area contributed by atoms with Crippen molar-refractivity contribution in [2.24, 2.45) is 0 Å². The Bertz CT molecular complexity index is 956. The molecule has 1 aromatic heterocycles. The van der Waals surface area contributed by atoms with Crippen molar-refractivity contribution >= 4 is 11.6 Å². The van der Waals surface area contributed by atoms with Gasteiger partial charge in [0.1, 0.15) is 17.4 Å². The van der Waals surface area contributed by atoms with E-state index in [-0.39, 0.29) is 5.91 Å². The summed E-state index contributed by atoms with van der Waals surface area (Å²) in [6.07, 6.45) is 0.330. The van der Waals surface area contributed by atoms with Crippen molar-refractivity contribution < 1.29 is 14.3 Å². The van der Waals surface area contributed by atoms with Crippen molar-refractivity contribution in [1.29, 1.82) is 0 Å². The van der Waals surface area contributed by atoms with Gasteiger partial charge in [-0.25, -0.2) is 0 Å². The van der Waals surface area contributed by atoms with Gasteiger partial charge in [-0.2, -0.15) is 5.21 Å². The molecule has 0 unspecified atom stereocenters. The van der Waals surface area contributed by atoms with E-state index < -0.39 is 5.92 Å². The van der Waals surface area contributed by atoms with Crippen molar-refractivity contribution in [1.82, 2.24) is 20.6 Å². The molecule has 2 aromatic carbocycles. The Hall–Kier alpha value is -3.42. The smallest absolute Gasteiger partial charge is 0.235 e. The summed E-state index contributed by atoms with van der Waals surface area (Å²) in [5, 5.41) is 17.0. The minimum atomic E-state index is -0.652. The van der Waals surface area contributed by atoms with E-state index in [4.69, 9.17) is 9.47 Å². The highest BCUT2D eigenvalue weighted by molar-refractivity contribution is 5.95. The lowest BCUT2D eigenvalue weighted by molar-refractivity contribution is -0.117. The first-order chi connectivity index (χ1) is 13.5. The fourth-order valence-corrected chi connectivity index (χ4v) is 2.93. The summed E-state index contributed by atoms with van der Waals surface area (Å²) in [6, 6.07) is 11.2. The third kappa shape index (κ3) is 4.28. The highest BCUT2D eigenvalue weighted by atomic mass is 16.5. The Morgan fingerprint density at radius 1 is 1.11 bits per heavy atom. The maximum Gasteiger partial charge on any atom is 0.235 e. The van der Waals surface area contributed by atoms with E-state index >= 15 is 0 Å². The number of rotatable bonds is 7. The number of nitrogens with one attached hydrogen (secondary N) is 2. The molecule has 0 bridgehead atoms. The Morgan fingerprint density at radius 3 is 2.57 bits per heavy atom. The third-order valence-electron chi connectivity index (χ3n) is 4.68. The van der Waals surface area contributed by atoms with Crippen molar-refractivity contribution in [3.63, 3.8) is 0 Å².